The highest BCUT2D eigenvalue weighted by Crippen LogP contribution is 2.38. The van der Waals surface area contributed by atoms with Crippen molar-refractivity contribution in [2.75, 3.05) is 23.4 Å². The number of imide groups is 2. The SMILES string of the molecule is CCOc1cc(/C=C2\C(=O)NC(=O)N(c3ccc(C)c(Cl)c3)C2=O)cc(Cl)c1OCC(=O)Nc1ccccc1C. The Morgan fingerprint density at radius 1 is 0.975 bits per heavy atom. The Balaban J connectivity index is 1.59. The van der Waals surface area contributed by atoms with E-state index in [4.69, 9.17) is 32.7 Å². The van der Waals surface area contributed by atoms with Crippen LogP contribution in [-0.4, -0.2) is 37.0 Å². The Morgan fingerprint density at radius 3 is 2.42 bits per heavy atom. The standard InChI is InChI=1S/C29H25Cl2N3O6/c1-4-39-24-13-18(12-22(31)26(24)40-15-25(35)32-23-8-6-5-7-17(23)3)11-20-27(36)33-29(38)34(28(20)37)19-10-9-16(2)21(30)14-19/h5-14H,4,15H2,1-3H3,(H,32,35)(H,33,36,38)/b20-11+. The fourth-order valence-corrected chi connectivity index (χ4v) is 4.34. The van der Waals surface area contributed by atoms with Gasteiger partial charge in [0.25, 0.3) is 17.7 Å². The minimum Gasteiger partial charge on any atom is -0.490 e. The number of rotatable bonds is 8. The second kappa shape index (κ2) is 12.2. The monoisotopic (exact) mass is 581 g/mol. The molecule has 0 unspecified atom stereocenters. The number of aryl methyl sites for hydroxylation is 2. The van der Waals surface area contributed by atoms with Crippen molar-refractivity contribution in [1.29, 1.82) is 0 Å². The van der Waals surface area contributed by atoms with Crippen LogP contribution >= 0.6 is 23.2 Å². The maximum atomic E-state index is 13.3. The lowest BCUT2D eigenvalue weighted by Gasteiger charge is -2.26. The second-order valence-electron chi connectivity index (χ2n) is 8.81. The Hall–Kier alpha value is -4.34. The average molecular weight is 582 g/mol. The summed E-state index contributed by atoms with van der Waals surface area (Å²) in [5, 5.41) is 5.39. The minimum atomic E-state index is -0.896. The summed E-state index contributed by atoms with van der Waals surface area (Å²) >= 11 is 12.7. The molecule has 9 nitrogen and oxygen atoms in total. The number of hydrogen-bond donors (Lipinski definition) is 2. The van der Waals surface area contributed by atoms with Crippen LogP contribution in [0.15, 0.2) is 60.2 Å². The minimum absolute atomic E-state index is 0.0865. The van der Waals surface area contributed by atoms with Gasteiger partial charge in [-0.1, -0.05) is 47.5 Å². The van der Waals surface area contributed by atoms with Gasteiger partial charge in [0.15, 0.2) is 18.1 Å². The van der Waals surface area contributed by atoms with E-state index in [0.717, 1.165) is 16.0 Å². The van der Waals surface area contributed by atoms with E-state index in [9.17, 15) is 19.2 Å². The van der Waals surface area contributed by atoms with Crippen LogP contribution in [0.1, 0.15) is 23.6 Å². The zero-order valence-corrected chi connectivity index (χ0v) is 23.4. The van der Waals surface area contributed by atoms with Gasteiger partial charge in [-0.2, -0.15) is 0 Å². The highest BCUT2D eigenvalue weighted by atomic mass is 35.5. The van der Waals surface area contributed by atoms with Crippen LogP contribution < -0.4 is 25.0 Å². The molecule has 2 N–H and O–H groups in total. The van der Waals surface area contributed by atoms with Crippen molar-refractivity contribution >= 4 is 64.4 Å². The molecule has 0 radical (unpaired) electrons. The zero-order chi connectivity index (χ0) is 29.0. The zero-order valence-electron chi connectivity index (χ0n) is 21.8. The molecule has 0 saturated carbocycles. The van der Waals surface area contributed by atoms with Gasteiger partial charge in [-0.3, -0.25) is 19.7 Å². The van der Waals surface area contributed by atoms with Gasteiger partial charge in [0, 0.05) is 10.7 Å². The van der Waals surface area contributed by atoms with Crippen molar-refractivity contribution in [3.05, 3.63) is 86.9 Å². The van der Waals surface area contributed by atoms with Crippen LogP contribution in [-0.2, 0) is 14.4 Å². The third-order valence-electron chi connectivity index (χ3n) is 5.92. The predicted molar refractivity (Wildman–Crippen MR) is 153 cm³/mol. The number of anilines is 2. The molecule has 1 heterocycles. The Morgan fingerprint density at radius 2 is 1.73 bits per heavy atom. The number of carbonyl (C=O) groups excluding carboxylic acids is 4. The average Bonchev–Trinajstić information content (AvgIpc) is 2.89. The van der Waals surface area contributed by atoms with Crippen molar-refractivity contribution in [2.45, 2.75) is 20.8 Å². The molecule has 0 spiro atoms. The number of amides is 5. The molecule has 0 aromatic heterocycles. The number of halogens is 2. The summed E-state index contributed by atoms with van der Waals surface area (Å²) in [4.78, 5) is 51.7. The normalized spacial score (nSPS) is 14.3. The molecule has 11 heteroatoms. The van der Waals surface area contributed by atoms with Crippen LogP contribution in [0.2, 0.25) is 10.0 Å². The van der Waals surface area contributed by atoms with Gasteiger partial charge in [0.1, 0.15) is 5.57 Å². The number of benzene rings is 3. The lowest BCUT2D eigenvalue weighted by Crippen LogP contribution is -2.54. The molecule has 0 bridgehead atoms. The number of para-hydroxylation sites is 1. The van der Waals surface area contributed by atoms with E-state index >= 15 is 0 Å². The van der Waals surface area contributed by atoms with E-state index < -0.39 is 23.8 Å². The molecule has 0 atom stereocenters. The second-order valence-corrected chi connectivity index (χ2v) is 9.62. The number of urea groups is 1. The van der Waals surface area contributed by atoms with Gasteiger partial charge in [0.05, 0.1) is 17.3 Å². The number of nitrogens with one attached hydrogen (secondary N) is 2. The number of nitrogens with zero attached hydrogens (tertiary/aromatic N) is 1. The number of hydrogen-bond acceptors (Lipinski definition) is 6. The van der Waals surface area contributed by atoms with E-state index in [1.165, 1.54) is 24.3 Å². The van der Waals surface area contributed by atoms with Crippen LogP contribution in [0.5, 0.6) is 11.5 Å². The first-order chi connectivity index (χ1) is 19.1. The Bertz CT molecular complexity index is 1550. The lowest BCUT2D eigenvalue weighted by atomic mass is 10.1. The number of barbiturate groups is 1. The van der Waals surface area contributed by atoms with E-state index in [1.807, 2.05) is 25.1 Å². The highest BCUT2D eigenvalue weighted by molar-refractivity contribution is 6.39. The van der Waals surface area contributed by atoms with Gasteiger partial charge in [-0.15, -0.1) is 0 Å². The molecule has 4 rings (SSSR count). The molecular formula is C29H25Cl2N3O6. The van der Waals surface area contributed by atoms with Gasteiger partial charge in [-0.25, -0.2) is 9.69 Å². The molecule has 206 valence electrons. The first-order valence-electron chi connectivity index (χ1n) is 12.2. The Labute approximate surface area is 240 Å². The fourth-order valence-electron chi connectivity index (χ4n) is 3.89. The summed E-state index contributed by atoms with van der Waals surface area (Å²) < 4.78 is 11.4. The van der Waals surface area contributed by atoms with Gasteiger partial charge >= 0.3 is 6.03 Å². The summed E-state index contributed by atoms with van der Waals surface area (Å²) in [6.45, 7) is 5.31. The number of carbonyl (C=O) groups is 4. The first-order valence-corrected chi connectivity index (χ1v) is 13.0. The molecule has 40 heavy (non-hydrogen) atoms. The highest BCUT2D eigenvalue weighted by Gasteiger charge is 2.37. The van der Waals surface area contributed by atoms with Crippen molar-refractivity contribution in [2.24, 2.45) is 0 Å². The van der Waals surface area contributed by atoms with E-state index in [-0.39, 0.29) is 41.0 Å². The molecule has 5 amide bonds. The topological polar surface area (TPSA) is 114 Å². The fraction of sp³-hybridized carbons (Fsp3) is 0.172. The summed E-state index contributed by atoms with van der Waals surface area (Å²) in [5.41, 5.74) is 2.55. The maximum Gasteiger partial charge on any atom is 0.335 e. The molecular weight excluding hydrogens is 557 g/mol. The van der Waals surface area contributed by atoms with Crippen molar-refractivity contribution in [1.82, 2.24) is 5.32 Å². The molecule has 0 aliphatic carbocycles. The van der Waals surface area contributed by atoms with E-state index in [2.05, 4.69) is 10.6 Å². The molecule has 1 fully saturated rings. The predicted octanol–water partition coefficient (Wildman–Crippen LogP) is 5.69. The summed E-state index contributed by atoms with van der Waals surface area (Å²) in [5.74, 6) is -1.78. The van der Waals surface area contributed by atoms with Gasteiger partial charge in [0.2, 0.25) is 0 Å². The lowest BCUT2D eigenvalue weighted by molar-refractivity contribution is -0.122. The van der Waals surface area contributed by atoms with Gasteiger partial charge < -0.3 is 14.8 Å². The smallest absolute Gasteiger partial charge is 0.335 e. The first kappa shape index (κ1) is 28.7. The Kier molecular flexibility index (Phi) is 8.77. The molecule has 1 aliphatic heterocycles. The van der Waals surface area contributed by atoms with Crippen LogP contribution in [0, 0.1) is 13.8 Å². The quantitative estimate of drug-likeness (QED) is 0.261. The van der Waals surface area contributed by atoms with Crippen LogP contribution in [0.4, 0.5) is 16.2 Å². The molecule has 3 aromatic carbocycles. The van der Waals surface area contributed by atoms with Crippen LogP contribution in [0.3, 0.4) is 0 Å². The van der Waals surface area contributed by atoms with Crippen molar-refractivity contribution in [3.63, 3.8) is 0 Å². The van der Waals surface area contributed by atoms with Gasteiger partial charge in [-0.05, 0) is 73.9 Å². The summed E-state index contributed by atoms with van der Waals surface area (Å²) in [6.07, 6.45) is 1.29. The molecule has 3 aromatic rings. The third-order valence-corrected chi connectivity index (χ3v) is 6.61. The van der Waals surface area contributed by atoms with Crippen molar-refractivity contribution < 1.29 is 28.7 Å². The maximum absolute atomic E-state index is 13.3. The van der Waals surface area contributed by atoms with E-state index in [0.29, 0.717) is 16.3 Å². The third kappa shape index (κ3) is 6.27. The van der Waals surface area contributed by atoms with Crippen molar-refractivity contribution in [3.8, 4) is 11.5 Å². The summed E-state index contributed by atoms with van der Waals surface area (Å²) in [7, 11) is 0. The largest absolute Gasteiger partial charge is 0.490 e. The summed E-state index contributed by atoms with van der Waals surface area (Å²) in [6, 6.07) is 14.1. The van der Waals surface area contributed by atoms with Crippen LogP contribution in [0.25, 0.3) is 6.08 Å². The molecule has 1 saturated heterocycles. The molecule has 1 aliphatic rings. The van der Waals surface area contributed by atoms with E-state index in [1.54, 1.807) is 32.0 Å². The number of ether oxygens (including phenoxy) is 2.